The summed E-state index contributed by atoms with van der Waals surface area (Å²) in [5.74, 6) is -0.0597. The number of aromatic carboxylic acids is 1. The Morgan fingerprint density at radius 2 is 2.10 bits per heavy atom. The average molecular weight is 291 g/mol. The van der Waals surface area contributed by atoms with Gasteiger partial charge >= 0.3 is 11.8 Å². The van der Waals surface area contributed by atoms with E-state index < -0.39 is 10.9 Å². The minimum Gasteiger partial charge on any atom is -0.489 e. The highest BCUT2D eigenvalue weighted by Gasteiger charge is 2.16. The molecule has 0 aliphatic carbocycles. The van der Waals surface area contributed by atoms with E-state index in [2.05, 4.69) is 4.98 Å². The number of benzene rings is 1. The Morgan fingerprint density at radius 3 is 2.67 bits per heavy atom. The van der Waals surface area contributed by atoms with Crippen LogP contribution in [0, 0.1) is 17.0 Å². The smallest absolute Gasteiger partial charge is 0.342 e. The zero-order chi connectivity index (χ0) is 15.4. The molecule has 110 valence electrons. The van der Waals surface area contributed by atoms with Gasteiger partial charge in [-0.25, -0.2) is 14.3 Å². The number of nitrogens with zero attached hydrogens (tertiary/aromatic N) is 3. The van der Waals surface area contributed by atoms with Crippen molar-refractivity contribution in [2.45, 2.75) is 13.5 Å². The van der Waals surface area contributed by atoms with Gasteiger partial charge in [0.05, 0.1) is 5.56 Å². The highest BCUT2D eigenvalue weighted by atomic mass is 16.6. The van der Waals surface area contributed by atoms with Crippen LogP contribution in [0.3, 0.4) is 0 Å². The molecule has 0 bridgehead atoms. The van der Waals surface area contributed by atoms with Gasteiger partial charge in [-0.2, -0.15) is 0 Å². The zero-order valence-electron chi connectivity index (χ0n) is 11.2. The number of nitro groups is 1. The van der Waals surface area contributed by atoms with Crippen LogP contribution in [-0.2, 0) is 6.54 Å². The summed E-state index contributed by atoms with van der Waals surface area (Å²) >= 11 is 0. The van der Waals surface area contributed by atoms with Crippen molar-refractivity contribution in [2.75, 3.05) is 6.61 Å². The Balaban J connectivity index is 1.97. The van der Waals surface area contributed by atoms with Crippen LogP contribution in [0.25, 0.3) is 0 Å². The molecule has 0 spiro atoms. The third-order valence-corrected chi connectivity index (χ3v) is 2.91. The molecule has 21 heavy (non-hydrogen) atoms. The quantitative estimate of drug-likeness (QED) is 0.643. The van der Waals surface area contributed by atoms with Crippen molar-refractivity contribution in [3.63, 3.8) is 0 Å². The average Bonchev–Trinajstić information content (AvgIpc) is 2.81. The minimum absolute atomic E-state index is 0.0858. The Bertz CT molecular complexity index is 663. The van der Waals surface area contributed by atoms with Gasteiger partial charge in [0.25, 0.3) is 0 Å². The van der Waals surface area contributed by atoms with Crippen LogP contribution in [0.1, 0.15) is 16.2 Å². The van der Waals surface area contributed by atoms with E-state index >= 15 is 0 Å². The zero-order valence-corrected chi connectivity index (χ0v) is 11.2. The van der Waals surface area contributed by atoms with E-state index in [1.54, 1.807) is 19.1 Å². The molecule has 0 fully saturated rings. The highest BCUT2D eigenvalue weighted by molar-refractivity contribution is 5.87. The molecule has 2 aromatic rings. The first-order valence-electron chi connectivity index (χ1n) is 6.11. The summed E-state index contributed by atoms with van der Waals surface area (Å²) in [5.41, 5.74) is 0.170. The van der Waals surface area contributed by atoms with Crippen LogP contribution < -0.4 is 4.74 Å². The van der Waals surface area contributed by atoms with Gasteiger partial charge in [-0.1, -0.05) is 0 Å². The minimum atomic E-state index is -1.01. The van der Waals surface area contributed by atoms with Gasteiger partial charge in [0.2, 0.25) is 0 Å². The predicted octanol–water partition coefficient (Wildman–Crippen LogP) is 1.88. The third-order valence-electron chi connectivity index (χ3n) is 2.91. The molecule has 1 aromatic heterocycles. The number of carboxylic acid groups (broad SMARTS) is 1. The Hall–Kier alpha value is -2.90. The maximum Gasteiger partial charge on any atom is 0.342 e. The first-order chi connectivity index (χ1) is 9.99. The Kier molecular flexibility index (Phi) is 4.17. The van der Waals surface area contributed by atoms with Gasteiger partial charge in [0.1, 0.15) is 25.1 Å². The number of hydrogen-bond donors (Lipinski definition) is 1. The second-order valence-corrected chi connectivity index (χ2v) is 4.25. The molecule has 2 rings (SSSR count). The lowest BCUT2D eigenvalue weighted by Crippen LogP contribution is -2.11. The lowest BCUT2D eigenvalue weighted by Gasteiger charge is -2.06. The van der Waals surface area contributed by atoms with Crippen LogP contribution in [0.5, 0.6) is 5.75 Å². The SMILES string of the molecule is Cc1ncc([N+](=O)[O-])n1CCOc1ccc(C(=O)O)cc1. The normalized spacial score (nSPS) is 10.3. The molecule has 0 saturated carbocycles. The largest absolute Gasteiger partial charge is 0.489 e. The van der Waals surface area contributed by atoms with E-state index in [0.717, 1.165) is 0 Å². The Morgan fingerprint density at radius 1 is 1.43 bits per heavy atom. The van der Waals surface area contributed by atoms with Gasteiger partial charge in [0.15, 0.2) is 5.82 Å². The number of ether oxygens (including phenoxy) is 1. The number of rotatable bonds is 6. The molecule has 0 radical (unpaired) electrons. The van der Waals surface area contributed by atoms with Crippen molar-refractivity contribution in [1.29, 1.82) is 0 Å². The molecule has 1 heterocycles. The van der Waals surface area contributed by atoms with Crippen molar-refractivity contribution in [1.82, 2.24) is 9.55 Å². The fourth-order valence-electron chi connectivity index (χ4n) is 1.83. The summed E-state index contributed by atoms with van der Waals surface area (Å²) < 4.78 is 6.89. The van der Waals surface area contributed by atoms with Gasteiger partial charge < -0.3 is 20.0 Å². The predicted molar refractivity (Wildman–Crippen MR) is 72.5 cm³/mol. The van der Waals surface area contributed by atoms with Crippen LogP contribution in [-0.4, -0.2) is 32.2 Å². The lowest BCUT2D eigenvalue weighted by molar-refractivity contribution is -0.392. The summed E-state index contributed by atoms with van der Waals surface area (Å²) in [4.78, 5) is 24.9. The number of aromatic nitrogens is 2. The van der Waals surface area contributed by atoms with Crippen molar-refractivity contribution < 1.29 is 19.6 Å². The van der Waals surface area contributed by atoms with Crippen molar-refractivity contribution >= 4 is 11.8 Å². The molecule has 0 amide bonds. The first kappa shape index (κ1) is 14.5. The number of hydrogen-bond acceptors (Lipinski definition) is 5. The summed E-state index contributed by atoms with van der Waals surface area (Å²) in [6.07, 6.45) is 1.21. The number of carboxylic acids is 1. The van der Waals surface area contributed by atoms with Crippen molar-refractivity contribution in [3.05, 3.63) is 52.0 Å². The van der Waals surface area contributed by atoms with Gasteiger partial charge in [-0.15, -0.1) is 0 Å². The van der Waals surface area contributed by atoms with E-state index in [1.165, 1.54) is 22.9 Å². The molecule has 0 unspecified atom stereocenters. The topological polar surface area (TPSA) is 107 Å². The summed E-state index contributed by atoms with van der Waals surface area (Å²) in [7, 11) is 0. The van der Waals surface area contributed by atoms with Crippen molar-refractivity contribution in [3.8, 4) is 5.75 Å². The second-order valence-electron chi connectivity index (χ2n) is 4.25. The lowest BCUT2D eigenvalue weighted by atomic mass is 10.2. The van der Waals surface area contributed by atoms with E-state index in [1.807, 2.05) is 0 Å². The number of carbonyl (C=O) groups is 1. The monoisotopic (exact) mass is 291 g/mol. The maximum absolute atomic E-state index is 10.8. The van der Waals surface area contributed by atoms with Crippen LogP contribution >= 0.6 is 0 Å². The fourth-order valence-corrected chi connectivity index (χ4v) is 1.83. The van der Waals surface area contributed by atoms with Gasteiger partial charge in [-0.3, -0.25) is 0 Å². The van der Waals surface area contributed by atoms with E-state index in [4.69, 9.17) is 9.84 Å². The maximum atomic E-state index is 10.8. The Labute approximate surface area is 119 Å². The summed E-state index contributed by atoms with van der Waals surface area (Å²) in [6, 6.07) is 5.95. The fraction of sp³-hybridized carbons (Fsp3) is 0.231. The van der Waals surface area contributed by atoms with E-state index in [0.29, 0.717) is 11.6 Å². The van der Waals surface area contributed by atoms with E-state index in [-0.39, 0.29) is 24.5 Å². The first-order valence-corrected chi connectivity index (χ1v) is 6.11. The van der Waals surface area contributed by atoms with Crippen molar-refractivity contribution in [2.24, 2.45) is 0 Å². The second kappa shape index (κ2) is 6.04. The van der Waals surface area contributed by atoms with Crippen LogP contribution in [0.15, 0.2) is 30.5 Å². The molecule has 0 saturated heterocycles. The van der Waals surface area contributed by atoms with Gasteiger partial charge in [-0.05, 0) is 29.2 Å². The number of aryl methyl sites for hydroxylation is 1. The molecule has 8 heteroatoms. The van der Waals surface area contributed by atoms with Crippen LogP contribution in [0.4, 0.5) is 5.82 Å². The molecule has 8 nitrogen and oxygen atoms in total. The standard InChI is InChI=1S/C13H13N3O5/c1-9-14-8-12(16(19)20)15(9)6-7-21-11-4-2-10(3-5-11)13(17)18/h2-5,8H,6-7H2,1H3,(H,17,18). The van der Waals surface area contributed by atoms with Gasteiger partial charge in [0, 0.05) is 6.92 Å². The van der Waals surface area contributed by atoms with Crippen LogP contribution in [0.2, 0.25) is 0 Å². The molecule has 1 N–H and O–H groups in total. The molecule has 0 aliphatic heterocycles. The molecule has 1 aromatic carbocycles. The molecular weight excluding hydrogens is 278 g/mol. The molecule has 0 atom stereocenters. The summed E-state index contributed by atoms with van der Waals surface area (Å²) in [6.45, 7) is 2.17. The van der Waals surface area contributed by atoms with E-state index in [9.17, 15) is 14.9 Å². The molecule has 0 aliphatic rings. The summed E-state index contributed by atoms with van der Waals surface area (Å²) in [5, 5.41) is 19.6. The highest BCUT2D eigenvalue weighted by Crippen LogP contribution is 2.15. The molecular formula is C13H13N3O5. The third kappa shape index (κ3) is 3.35. The number of imidazole rings is 1.